The Labute approximate surface area is 244 Å². The molecule has 4 rings (SSSR count). The molecule has 0 spiro atoms. The number of esters is 2. The molecule has 0 aliphatic heterocycles. The highest BCUT2D eigenvalue weighted by molar-refractivity contribution is 7.17. The minimum atomic E-state index is -1.02. The number of thiophene rings is 1. The molecule has 1 aliphatic rings. The van der Waals surface area contributed by atoms with Crippen molar-refractivity contribution in [3.63, 3.8) is 0 Å². The molecule has 1 heterocycles. The Hall–Kier alpha value is -3.73. The topological polar surface area (TPSA) is 123 Å². The highest BCUT2D eigenvalue weighted by Gasteiger charge is 2.30. The van der Waals surface area contributed by atoms with E-state index in [1.54, 1.807) is 25.1 Å². The van der Waals surface area contributed by atoms with Gasteiger partial charge in [0.15, 0.2) is 0 Å². The Morgan fingerprint density at radius 3 is 2.65 bits per heavy atom. The lowest BCUT2D eigenvalue weighted by Crippen LogP contribution is -2.32. The monoisotopic (exact) mass is 601 g/mol. The highest BCUT2D eigenvalue weighted by atomic mass is 35.5. The molecule has 0 bridgehead atoms. The fourth-order valence-corrected chi connectivity index (χ4v) is 5.99. The molecule has 3 aromatic rings. The number of ether oxygens (including phenoxy) is 2. The van der Waals surface area contributed by atoms with Gasteiger partial charge in [-0.2, -0.15) is 5.10 Å². The molecule has 0 fully saturated rings. The first-order valence-electron chi connectivity index (χ1n) is 12.4. The van der Waals surface area contributed by atoms with Crippen LogP contribution in [0, 0.1) is 5.92 Å². The van der Waals surface area contributed by atoms with Gasteiger partial charge in [-0.15, -0.1) is 11.3 Å². The van der Waals surface area contributed by atoms with Crippen LogP contribution < -0.4 is 15.5 Å². The van der Waals surface area contributed by atoms with Gasteiger partial charge in [0.05, 0.1) is 29.0 Å². The van der Waals surface area contributed by atoms with Crippen LogP contribution in [0.5, 0.6) is 5.75 Å². The summed E-state index contributed by atoms with van der Waals surface area (Å²) in [4.78, 5) is 51.1. The number of carbonyl (C=O) groups is 4. The number of carbonyl (C=O) groups excluding carboxylic acids is 4. The van der Waals surface area contributed by atoms with Crippen LogP contribution in [0.15, 0.2) is 47.6 Å². The molecule has 0 saturated heterocycles. The molecular formula is C28H25Cl2N3O6S. The van der Waals surface area contributed by atoms with Crippen LogP contribution in [-0.4, -0.2) is 36.6 Å². The van der Waals surface area contributed by atoms with Gasteiger partial charge in [-0.3, -0.25) is 9.59 Å². The predicted octanol–water partition coefficient (Wildman–Crippen LogP) is 5.66. The number of halogens is 2. The molecule has 0 radical (unpaired) electrons. The lowest BCUT2D eigenvalue weighted by atomic mass is 9.88. The molecule has 2 N–H and O–H groups in total. The third kappa shape index (κ3) is 7.07. The Morgan fingerprint density at radius 2 is 1.90 bits per heavy atom. The summed E-state index contributed by atoms with van der Waals surface area (Å²) in [6.07, 6.45) is 3.70. The van der Waals surface area contributed by atoms with Gasteiger partial charge in [0.25, 0.3) is 0 Å². The van der Waals surface area contributed by atoms with Crippen LogP contribution >= 0.6 is 34.5 Å². The average molecular weight is 602 g/mol. The molecule has 9 nitrogen and oxygen atoms in total. The lowest BCUT2D eigenvalue weighted by molar-refractivity contribution is -0.136. The van der Waals surface area contributed by atoms with Crippen molar-refractivity contribution in [2.45, 2.75) is 33.1 Å². The van der Waals surface area contributed by atoms with E-state index in [0.29, 0.717) is 28.5 Å². The molecule has 0 saturated carbocycles. The van der Waals surface area contributed by atoms with Crippen LogP contribution in [-0.2, 0) is 27.2 Å². The number of anilines is 1. The second-order valence-electron chi connectivity index (χ2n) is 9.02. The fourth-order valence-electron chi connectivity index (χ4n) is 4.11. The van der Waals surface area contributed by atoms with Crippen molar-refractivity contribution in [1.29, 1.82) is 0 Å². The van der Waals surface area contributed by atoms with Crippen LogP contribution in [0.3, 0.4) is 0 Å². The SMILES string of the molecule is CCOC(=O)c1c(NC(=O)C(=O)NN=Cc2cccc(OC(=O)c3ccc(Cl)cc3Cl)c2)sc2c1CCC(C)C2. The maximum absolute atomic E-state index is 12.6. The van der Waals surface area contributed by atoms with Crippen molar-refractivity contribution in [2.24, 2.45) is 11.0 Å². The lowest BCUT2D eigenvalue weighted by Gasteiger charge is -2.18. The van der Waals surface area contributed by atoms with E-state index < -0.39 is 23.8 Å². The van der Waals surface area contributed by atoms with Crippen molar-refractivity contribution in [3.05, 3.63) is 79.6 Å². The Morgan fingerprint density at radius 1 is 1.10 bits per heavy atom. The summed E-state index contributed by atoms with van der Waals surface area (Å²) in [5.74, 6) is -2.52. The second-order valence-corrected chi connectivity index (χ2v) is 11.0. The van der Waals surface area contributed by atoms with Gasteiger partial charge in [-0.1, -0.05) is 42.3 Å². The van der Waals surface area contributed by atoms with Gasteiger partial charge in [0, 0.05) is 9.90 Å². The minimum absolute atomic E-state index is 0.149. The highest BCUT2D eigenvalue weighted by Crippen LogP contribution is 2.40. The molecule has 208 valence electrons. The molecule has 40 heavy (non-hydrogen) atoms. The first-order chi connectivity index (χ1) is 19.2. The van der Waals surface area contributed by atoms with E-state index in [4.69, 9.17) is 32.7 Å². The number of hydrazone groups is 1. The van der Waals surface area contributed by atoms with Crippen molar-refractivity contribution in [1.82, 2.24) is 5.43 Å². The zero-order valence-electron chi connectivity index (χ0n) is 21.6. The Balaban J connectivity index is 1.39. The number of rotatable bonds is 7. The van der Waals surface area contributed by atoms with E-state index in [0.717, 1.165) is 23.3 Å². The number of hydrogen-bond donors (Lipinski definition) is 2. The molecule has 1 aromatic heterocycles. The van der Waals surface area contributed by atoms with Gasteiger partial charge >= 0.3 is 23.8 Å². The summed E-state index contributed by atoms with van der Waals surface area (Å²) in [6, 6.07) is 10.8. The van der Waals surface area contributed by atoms with Crippen molar-refractivity contribution >= 4 is 69.5 Å². The van der Waals surface area contributed by atoms with E-state index in [9.17, 15) is 19.2 Å². The summed E-state index contributed by atoms with van der Waals surface area (Å²) in [6.45, 7) is 4.03. The summed E-state index contributed by atoms with van der Waals surface area (Å²) < 4.78 is 10.6. The van der Waals surface area contributed by atoms with Crippen molar-refractivity contribution in [2.75, 3.05) is 11.9 Å². The maximum Gasteiger partial charge on any atom is 0.345 e. The fraction of sp³-hybridized carbons (Fsp3) is 0.250. The Kier molecular flexibility index (Phi) is 9.57. The van der Waals surface area contributed by atoms with Crippen LogP contribution in [0.2, 0.25) is 10.0 Å². The first kappa shape index (κ1) is 29.3. The predicted molar refractivity (Wildman–Crippen MR) is 154 cm³/mol. The minimum Gasteiger partial charge on any atom is -0.462 e. The van der Waals surface area contributed by atoms with E-state index in [1.165, 1.54) is 41.8 Å². The van der Waals surface area contributed by atoms with Gasteiger partial charge in [0.1, 0.15) is 10.8 Å². The van der Waals surface area contributed by atoms with Crippen LogP contribution in [0.1, 0.15) is 57.0 Å². The third-order valence-corrected chi connectivity index (χ3v) is 7.74. The van der Waals surface area contributed by atoms with E-state index in [2.05, 4.69) is 22.8 Å². The van der Waals surface area contributed by atoms with E-state index in [-0.39, 0.29) is 27.9 Å². The second kappa shape index (κ2) is 13.1. The number of fused-ring (bicyclic) bond motifs is 1. The van der Waals surface area contributed by atoms with Gasteiger partial charge < -0.3 is 14.8 Å². The summed E-state index contributed by atoms with van der Waals surface area (Å²) >= 11 is 13.2. The van der Waals surface area contributed by atoms with Crippen LogP contribution in [0.25, 0.3) is 0 Å². The number of benzene rings is 2. The molecule has 1 aliphatic carbocycles. The Bertz CT molecular complexity index is 1500. The zero-order valence-corrected chi connectivity index (χ0v) is 23.9. The number of hydrogen-bond acceptors (Lipinski definition) is 8. The maximum atomic E-state index is 12.6. The number of nitrogens with one attached hydrogen (secondary N) is 2. The largest absolute Gasteiger partial charge is 0.462 e. The standard InChI is InChI=1S/C28H25Cl2N3O6S/c1-3-38-28(37)23-20-9-7-15(2)11-22(20)40-26(23)32-24(34)25(35)33-31-14-16-5-4-6-18(12-16)39-27(36)19-10-8-17(29)13-21(19)30/h4-6,8,10,12-15H,3,7,9,11H2,1-2H3,(H,32,34)(H,33,35). The summed E-state index contributed by atoms with van der Waals surface area (Å²) in [5, 5.41) is 7.19. The zero-order chi connectivity index (χ0) is 28.8. The third-order valence-electron chi connectivity index (χ3n) is 6.02. The smallest absolute Gasteiger partial charge is 0.345 e. The van der Waals surface area contributed by atoms with Gasteiger partial charge in [-0.05, 0) is 73.6 Å². The molecule has 12 heteroatoms. The summed E-state index contributed by atoms with van der Waals surface area (Å²) in [5.41, 5.74) is 3.97. The van der Waals surface area contributed by atoms with E-state index >= 15 is 0 Å². The summed E-state index contributed by atoms with van der Waals surface area (Å²) in [7, 11) is 0. The molecule has 1 atom stereocenters. The average Bonchev–Trinajstić information content (AvgIpc) is 3.25. The molecule has 1 unspecified atom stereocenters. The van der Waals surface area contributed by atoms with Gasteiger partial charge in [-0.25, -0.2) is 15.0 Å². The first-order valence-corrected chi connectivity index (χ1v) is 14.0. The normalized spacial score (nSPS) is 14.3. The molecule has 2 aromatic carbocycles. The van der Waals surface area contributed by atoms with Gasteiger partial charge in [0.2, 0.25) is 0 Å². The van der Waals surface area contributed by atoms with E-state index in [1.807, 2.05) is 0 Å². The molecular weight excluding hydrogens is 577 g/mol. The number of amides is 2. The van der Waals surface area contributed by atoms with Crippen molar-refractivity contribution < 1.29 is 28.7 Å². The van der Waals surface area contributed by atoms with Crippen molar-refractivity contribution in [3.8, 4) is 5.75 Å². The van der Waals surface area contributed by atoms with Crippen LogP contribution in [0.4, 0.5) is 5.00 Å². The molecule has 2 amide bonds. The number of nitrogens with zero attached hydrogens (tertiary/aromatic N) is 1. The quantitative estimate of drug-likeness (QED) is 0.118.